The Labute approximate surface area is 177 Å². The van der Waals surface area contributed by atoms with Gasteiger partial charge >= 0.3 is 0 Å². The van der Waals surface area contributed by atoms with E-state index < -0.39 is 0 Å². The van der Waals surface area contributed by atoms with Crippen LogP contribution in [-0.2, 0) is 17.6 Å². The van der Waals surface area contributed by atoms with Crippen molar-refractivity contribution in [1.29, 1.82) is 0 Å². The standard InChI is InChI=1S/C24H28N2O4/c1-16(2)11-17-5-7-18(8-6-17)22-15-25-24(30-22)10-9-23(27)26-19-12-20(28-3)14-21(13-19)29-4/h5-8,12-16H,9-11H2,1-4H3,(H,26,27). The topological polar surface area (TPSA) is 73.6 Å². The molecule has 0 saturated heterocycles. The Balaban J connectivity index is 1.57. The van der Waals surface area contributed by atoms with Crippen LogP contribution in [0.2, 0.25) is 0 Å². The Hall–Kier alpha value is -3.28. The van der Waals surface area contributed by atoms with Gasteiger partial charge in [-0.2, -0.15) is 0 Å². The molecule has 0 aliphatic rings. The van der Waals surface area contributed by atoms with Crippen LogP contribution in [0.3, 0.4) is 0 Å². The molecule has 0 saturated carbocycles. The number of carbonyl (C=O) groups is 1. The second-order valence-electron chi connectivity index (χ2n) is 7.56. The van der Waals surface area contributed by atoms with E-state index in [1.807, 2.05) is 12.1 Å². The summed E-state index contributed by atoms with van der Waals surface area (Å²) in [6, 6.07) is 13.6. The monoisotopic (exact) mass is 408 g/mol. The summed E-state index contributed by atoms with van der Waals surface area (Å²) in [6.07, 6.45) is 3.43. The van der Waals surface area contributed by atoms with Gasteiger partial charge in [-0.1, -0.05) is 38.1 Å². The molecule has 0 spiro atoms. The number of nitrogens with one attached hydrogen (secondary N) is 1. The van der Waals surface area contributed by atoms with E-state index >= 15 is 0 Å². The number of anilines is 1. The summed E-state index contributed by atoms with van der Waals surface area (Å²) in [5.74, 6) is 2.96. The summed E-state index contributed by atoms with van der Waals surface area (Å²) in [7, 11) is 3.14. The van der Waals surface area contributed by atoms with Crippen LogP contribution in [-0.4, -0.2) is 25.1 Å². The number of hydrogen-bond acceptors (Lipinski definition) is 5. The van der Waals surface area contributed by atoms with Crippen molar-refractivity contribution in [3.63, 3.8) is 0 Å². The minimum absolute atomic E-state index is 0.136. The second-order valence-corrected chi connectivity index (χ2v) is 7.56. The zero-order valence-electron chi connectivity index (χ0n) is 17.9. The van der Waals surface area contributed by atoms with Crippen LogP contribution in [0.4, 0.5) is 5.69 Å². The van der Waals surface area contributed by atoms with Gasteiger partial charge in [0.25, 0.3) is 0 Å². The fourth-order valence-corrected chi connectivity index (χ4v) is 3.16. The second kappa shape index (κ2) is 9.96. The van der Waals surface area contributed by atoms with Crippen molar-refractivity contribution in [1.82, 2.24) is 4.98 Å². The number of carbonyl (C=O) groups excluding carboxylic acids is 1. The highest BCUT2D eigenvalue weighted by Crippen LogP contribution is 2.26. The van der Waals surface area contributed by atoms with Crippen LogP contribution in [0.15, 0.2) is 53.1 Å². The maximum atomic E-state index is 12.3. The molecule has 3 rings (SSSR count). The number of benzene rings is 2. The van der Waals surface area contributed by atoms with Gasteiger partial charge < -0.3 is 19.2 Å². The molecule has 1 heterocycles. The first-order valence-electron chi connectivity index (χ1n) is 10.0. The van der Waals surface area contributed by atoms with Gasteiger partial charge in [0, 0.05) is 42.3 Å². The number of hydrogen-bond donors (Lipinski definition) is 1. The molecule has 30 heavy (non-hydrogen) atoms. The third-order valence-corrected chi connectivity index (χ3v) is 4.64. The van der Waals surface area contributed by atoms with Gasteiger partial charge in [-0.15, -0.1) is 0 Å². The Morgan fingerprint density at radius 3 is 2.33 bits per heavy atom. The molecule has 0 radical (unpaired) electrons. The highest BCUT2D eigenvalue weighted by atomic mass is 16.5. The maximum absolute atomic E-state index is 12.3. The molecule has 0 bridgehead atoms. The molecule has 158 valence electrons. The highest BCUT2D eigenvalue weighted by Gasteiger charge is 2.11. The number of oxazole rings is 1. The van der Waals surface area contributed by atoms with Crippen LogP contribution < -0.4 is 14.8 Å². The van der Waals surface area contributed by atoms with Gasteiger partial charge in [-0.3, -0.25) is 4.79 Å². The van der Waals surface area contributed by atoms with E-state index in [-0.39, 0.29) is 12.3 Å². The summed E-state index contributed by atoms with van der Waals surface area (Å²) in [6.45, 7) is 4.41. The normalized spacial score (nSPS) is 10.8. The predicted molar refractivity (Wildman–Crippen MR) is 117 cm³/mol. The van der Waals surface area contributed by atoms with E-state index in [1.165, 1.54) is 5.56 Å². The quantitative estimate of drug-likeness (QED) is 0.531. The molecule has 0 unspecified atom stereocenters. The van der Waals surface area contributed by atoms with E-state index in [2.05, 4.69) is 36.3 Å². The number of aryl methyl sites for hydroxylation is 1. The lowest BCUT2D eigenvalue weighted by Gasteiger charge is -2.09. The summed E-state index contributed by atoms with van der Waals surface area (Å²) < 4.78 is 16.3. The predicted octanol–water partition coefficient (Wildman–Crippen LogP) is 5.13. The van der Waals surface area contributed by atoms with Crippen molar-refractivity contribution in [2.24, 2.45) is 5.92 Å². The van der Waals surface area contributed by atoms with Crippen LogP contribution >= 0.6 is 0 Å². The van der Waals surface area contributed by atoms with Crippen LogP contribution in [0.1, 0.15) is 31.7 Å². The van der Waals surface area contributed by atoms with E-state index in [0.29, 0.717) is 41.2 Å². The molecular formula is C24H28N2O4. The van der Waals surface area contributed by atoms with Gasteiger partial charge in [-0.05, 0) is 17.9 Å². The third kappa shape index (κ3) is 5.86. The van der Waals surface area contributed by atoms with Gasteiger partial charge in [0.05, 0.1) is 20.4 Å². The molecule has 3 aromatic rings. The van der Waals surface area contributed by atoms with Crippen LogP contribution in [0, 0.1) is 5.92 Å². The number of nitrogens with zero attached hydrogens (tertiary/aromatic N) is 1. The molecule has 6 nitrogen and oxygen atoms in total. The van der Waals surface area contributed by atoms with Crippen molar-refractivity contribution >= 4 is 11.6 Å². The molecule has 2 aromatic carbocycles. The smallest absolute Gasteiger partial charge is 0.224 e. The highest BCUT2D eigenvalue weighted by molar-refractivity contribution is 5.91. The Bertz CT molecular complexity index is 955. The third-order valence-electron chi connectivity index (χ3n) is 4.64. The summed E-state index contributed by atoms with van der Waals surface area (Å²) in [5.41, 5.74) is 2.90. The Kier molecular flexibility index (Phi) is 7.12. The zero-order valence-corrected chi connectivity index (χ0v) is 17.9. The SMILES string of the molecule is COc1cc(NC(=O)CCc2ncc(-c3ccc(CC(C)C)cc3)o2)cc(OC)c1. The first-order chi connectivity index (χ1) is 14.5. The van der Waals surface area contributed by atoms with Crippen molar-refractivity contribution in [3.8, 4) is 22.8 Å². The number of methoxy groups -OCH3 is 2. The average molecular weight is 408 g/mol. The first kappa shape index (κ1) is 21.4. The lowest BCUT2D eigenvalue weighted by molar-refractivity contribution is -0.116. The molecule has 1 aromatic heterocycles. The van der Waals surface area contributed by atoms with Crippen molar-refractivity contribution in [2.45, 2.75) is 33.1 Å². The maximum Gasteiger partial charge on any atom is 0.224 e. The molecule has 6 heteroatoms. The van der Waals surface area contributed by atoms with Crippen LogP contribution in [0.5, 0.6) is 11.5 Å². The summed E-state index contributed by atoms with van der Waals surface area (Å²) in [5, 5.41) is 2.85. The summed E-state index contributed by atoms with van der Waals surface area (Å²) in [4.78, 5) is 16.6. The zero-order chi connectivity index (χ0) is 21.5. The van der Waals surface area contributed by atoms with Crippen molar-refractivity contribution < 1.29 is 18.7 Å². The fraction of sp³-hybridized carbons (Fsp3) is 0.333. The first-order valence-corrected chi connectivity index (χ1v) is 10.0. The van der Waals surface area contributed by atoms with Crippen molar-refractivity contribution in [3.05, 3.63) is 60.1 Å². The van der Waals surface area contributed by atoms with Crippen LogP contribution in [0.25, 0.3) is 11.3 Å². The molecular weight excluding hydrogens is 380 g/mol. The molecule has 0 aliphatic carbocycles. The largest absolute Gasteiger partial charge is 0.497 e. The fourth-order valence-electron chi connectivity index (χ4n) is 3.16. The molecule has 0 atom stereocenters. The van der Waals surface area contributed by atoms with Gasteiger partial charge in [-0.25, -0.2) is 4.98 Å². The number of ether oxygens (including phenoxy) is 2. The van der Waals surface area contributed by atoms with Gasteiger partial charge in [0.1, 0.15) is 11.5 Å². The Morgan fingerprint density at radius 2 is 1.73 bits per heavy atom. The molecule has 0 fully saturated rings. The lowest BCUT2D eigenvalue weighted by Crippen LogP contribution is -2.12. The number of aromatic nitrogens is 1. The van der Waals surface area contributed by atoms with E-state index in [4.69, 9.17) is 13.9 Å². The Morgan fingerprint density at radius 1 is 1.07 bits per heavy atom. The molecule has 0 aliphatic heterocycles. The average Bonchev–Trinajstić information content (AvgIpc) is 3.21. The summed E-state index contributed by atoms with van der Waals surface area (Å²) >= 11 is 0. The molecule has 1 N–H and O–H groups in total. The lowest BCUT2D eigenvalue weighted by atomic mass is 10.0. The van der Waals surface area contributed by atoms with E-state index in [0.717, 1.165) is 12.0 Å². The molecule has 1 amide bonds. The minimum atomic E-state index is -0.136. The number of amides is 1. The number of rotatable bonds is 9. The van der Waals surface area contributed by atoms with Gasteiger partial charge in [0.15, 0.2) is 11.7 Å². The van der Waals surface area contributed by atoms with E-state index in [9.17, 15) is 4.79 Å². The minimum Gasteiger partial charge on any atom is -0.497 e. The van der Waals surface area contributed by atoms with Crippen molar-refractivity contribution in [2.75, 3.05) is 19.5 Å². The van der Waals surface area contributed by atoms with Gasteiger partial charge in [0.2, 0.25) is 5.91 Å². The van der Waals surface area contributed by atoms with E-state index in [1.54, 1.807) is 38.6 Å².